The summed E-state index contributed by atoms with van der Waals surface area (Å²) in [5, 5.41) is 16.9. The van der Waals surface area contributed by atoms with Crippen molar-refractivity contribution in [1.29, 1.82) is 0 Å². The summed E-state index contributed by atoms with van der Waals surface area (Å²) in [6.45, 7) is 1.67. The van der Waals surface area contributed by atoms with Crippen LogP contribution in [0.3, 0.4) is 0 Å². The van der Waals surface area contributed by atoms with E-state index in [1.165, 1.54) is 18.2 Å². The molecule has 0 spiro atoms. The maximum atomic E-state index is 12.3. The molecule has 8 heteroatoms. The number of imide groups is 1. The van der Waals surface area contributed by atoms with E-state index in [1.54, 1.807) is 6.92 Å². The number of benzene rings is 1. The van der Waals surface area contributed by atoms with E-state index in [1.807, 2.05) is 0 Å². The predicted molar refractivity (Wildman–Crippen MR) is 79.1 cm³/mol. The molecule has 1 heterocycles. The van der Waals surface area contributed by atoms with Gasteiger partial charge in [0.2, 0.25) is 11.8 Å². The van der Waals surface area contributed by atoms with Crippen LogP contribution in [0, 0.1) is 6.92 Å². The molecule has 1 aromatic carbocycles. The van der Waals surface area contributed by atoms with Gasteiger partial charge in [-0.1, -0.05) is 6.07 Å². The van der Waals surface area contributed by atoms with Crippen molar-refractivity contribution in [3.63, 3.8) is 0 Å². The molecule has 1 aromatic rings. The lowest BCUT2D eigenvalue weighted by Gasteiger charge is -2.17. The van der Waals surface area contributed by atoms with Crippen LogP contribution in [0.5, 0.6) is 0 Å². The van der Waals surface area contributed by atoms with Crippen LogP contribution in [0.25, 0.3) is 0 Å². The van der Waals surface area contributed by atoms with Crippen LogP contribution in [0.15, 0.2) is 18.2 Å². The van der Waals surface area contributed by atoms with Gasteiger partial charge >= 0.3 is 11.9 Å². The SMILES string of the molecule is Cc1ccc(C(=O)O)cc1N1C(=O)CC(SCC(=O)O)C1=O. The molecule has 2 amide bonds. The van der Waals surface area contributed by atoms with Crippen molar-refractivity contribution >= 4 is 41.2 Å². The Hall–Kier alpha value is -2.35. The molecule has 1 aliphatic rings. The molecule has 1 atom stereocenters. The predicted octanol–water partition coefficient (Wildman–Crippen LogP) is 1.14. The molecule has 0 bridgehead atoms. The highest BCUT2D eigenvalue weighted by Crippen LogP contribution is 2.32. The molecule has 116 valence electrons. The van der Waals surface area contributed by atoms with E-state index in [0.29, 0.717) is 5.56 Å². The van der Waals surface area contributed by atoms with Gasteiger partial charge in [-0.2, -0.15) is 0 Å². The van der Waals surface area contributed by atoms with E-state index in [-0.39, 0.29) is 23.4 Å². The van der Waals surface area contributed by atoms with Crippen LogP contribution in [-0.4, -0.2) is 45.0 Å². The molecule has 2 N–H and O–H groups in total. The van der Waals surface area contributed by atoms with Crippen LogP contribution in [-0.2, 0) is 14.4 Å². The Bertz CT molecular complexity index is 671. The molecule has 0 aromatic heterocycles. The summed E-state index contributed by atoms with van der Waals surface area (Å²) in [5.74, 6) is -3.46. The fourth-order valence-corrected chi connectivity index (χ4v) is 2.99. The molecule has 1 unspecified atom stereocenters. The molecule has 0 saturated carbocycles. The van der Waals surface area contributed by atoms with E-state index in [4.69, 9.17) is 10.2 Å². The molecule has 7 nitrogen and oxygen atoms in total. The molecule has 2 rings (SSSR count). The molecule has 1 aliphatic heterocycles. The van der Waals surface area contributed by atoms with Crippen molar-refractivity contribution in [2.75, 3.05) is 10.7 Å². The third-order valence-corrected chi connectivity index (χ3v) is 4.39. The second-order valence-corrected chi connectivity index (χ2v) is 5.96. The van der Waals surface area contributed by atoms with Crippen molar-refractivity contribution in [2.24, 2.45) is 0 Å². The number of rotatable bonds is 5. The molecular weight excluding hydrogens is 310 g/mol. The third-order valence-electron chi connectivity index (χ3n) is 3.21. The molecule has 1 saturated heterocycles. The summed E-state index contributed by atoms with van der Waals surface area (Å²) in [5.41, 5.74) is 0.798. The lowest BCUT2D eigenvalue weighted by molar-refractivity contribution is -0.134. The number of hydrogen-bond acceptors (Lipinski definition) is 5. The maximum absolute atomic E-state index is 12.3. The summed E-state index contributed by atoms with van der Waals surface area (Å²) in [6, 6.07) is 4.19. The highest BCUT2D eigenvalue weighted by atomic mass is 32.2. The number of aromatic carboxylic acids is 1. The minimum absolute atomic E-state index is 0.0251. The Morgan fingerprint density at radius 1 is 1.32 bits per heavy atom. The van der Waals surface area contributed by atoms with Crippen molar-refractivity contribution in [3.05, 3.63) is 29.3 Å². The van der Waals surface area contributed by atoms with Gasteiger partial charge in [0.05, 0.1) is 22.3 Å². The average molecular weight is 323 g/mol. The first-order valence-electron chi connectivity index (χ1n) is 6.35. The van der Waals surface area contributed by atoms with Crippen LogP contribution >= 0.6 is 11.8 Å². The van der Waals surface area contributed by atoms with Crippen LogP contribution in [0.4, 0.5) is 5.69 Å². The standard InChI is InChI=1S/C14H13NO6S/c1-7-2-3-8(14(20)21)4-9(7)15-11(16)5-10(13(15)19)22-6-12(17)18/h2-4,10H,5-6H2,1H3,(H,17,18)(H,20,21). The second-order valence-electron chi connectivity index (χ2n) is 4.77. The Kier molecular flexibility index (Phi) is 4.51. The number of hydrogen-bond donors (Lipinski definition) is 2. The van der Waals surface area contributed by atoms with E-state index >= 15 is 0 Å². The summed E-state index contributed by atoms with van der Waals surface area (Å²) in [6.07, 6.45) is -0.0898. The summed E-state index contributed by atoms with van der Waals surface area (Å²) < 4.78 is 0. The minimum atomic E-state index is -1.16. The lowest BCUT2D eigenvalue weighted by atomic mass is 10.1. The Morgan fingerprint density at radius 2 is 2.00 bits per heavy atom. The summed E-state index contributed by atoms with van der Waals surface area (Å²) in [7, 11) is 0. The van der Waals surface area contributed by atoms with Gasteiger partial charge in [-0.15, -0.1) is 11.8 Å². The average Bonchev–Trinajstić information content (AvgIpc) is 2.72. The lowest BCUT2D eigenvalue weighted by Crippen LogP contribution is -2.32. The van der Waals surface area contributed by atoms with Gasteiger partial charge < -0.3 is 10.2 Å². The van der Waals surface area contributed by atoms with Gasteiger partial charge in [0.1, 0.15) is 0 Å². The Morgan fingerprint density at radius 3 is 2.59 bits per heavy atom. The van der Waals surface area contributed by atoms with Crippen LogP contribution in [0.2, 0.25) is 0 Å². The van der Waals surface area contributed by atoms with E-state index in [2.05, 4.69) is 0 Å². The molecule has 22 heavy (non-hydrogen) atoms. The largest absolute Gasteiger partial charge is 0.481 e. The van der Waals surface area contributed by atoms with E-state index < -0.39 is 29.0 Å². The molecule has 0 aliphatic carbocycles. The topological polar surface area (TPSA) is 112 Å². The number of anilines is 1. The minimum Gasteiger partial charge on any atom is -0.481 e. The molecule has 0 radical (unpaired) electrons. The molecule has 1 fully saturated rings. The fraction of sp³-hybridized carbons (Fsp3) is 0.286. The smallest absolute Gasteiger partial charge is 0.335 e. The van der Waals surface area contributed by atoms with Crippen molar-refractivity contribution in [3.8, 4) is 0 Å². The van der Waals surface area contributed by atoms with Gasteiger partial charge in [0.15, 0.2) is 0 Å². The van der Waals surface area contributed by atoms with Gasteiger partial charge in [-0.3, -0.25) is 14.4 Å². The number of thioether (sulfide) groups is 1. The van der Waals surface area contributed by atoms with Gasteiger partial charge in [-0.05, 0) is 24.6 Å². The van der Waals surface area contributed by atoms with E-state index in [9.17, 15) is 19.2 Å². The first-order valence-corrected chi connectivity index (χ1v) is 7.40. The first kappa shape index (κ1) is 16.0. The highest BCUT2D eigenvalue weighted by Gasteiger charge is 2.40. The number of carboxylic acids is 2. The van der Waals surface area contributed by atoms with Crippen molar-refractivity contribution < 1.29 is 29.4 Å². The Balaban J connectivity index is 2.30. The van der Waals surface area contributed by atoms with Gasteiger partial charge in [-0.25, -0.2) is 9.69 Å². The Labute approximate surface area is 129 Å². The second kappa shape index (κ2) is 6.18. The first-order chi connectivity index (χ1) is 10.3. The summed E-state index contributed by atoms with van der Waals surface area (Å²) in [4.78, 5) is 46.9. The van der Waals surface area contributed by atoms with Gasteiger partial charge in [0.25, 0.3) is 0 Å². The van der Waals surface area contributed by atoms with Crippen LogP contribution in [0.1, 0.15) is 22.3 Å². The fourth-order valence-electron chi connectivity index (χ4n) is 2.14. The zero-order valence-corrected chi connectivity index (χ0v) is 12.4. The quantitative estimate of drug-likeness (QED) is 0.781. The number of aliphatic carboxylic acids is 1. The zero-order chi connectivity index (χ0) is 16.4. The summed E-state index contributed by atoms with van der Waals surface area (Å²) >= 11 is 0.891. The number of carbonyl (C=O) groups is 4. The number of carbonyl (C=O) groups excluding carboxylic acids is 2. The van der Waals surface area contributed by atoms with Crippen molar-refractivity contribution in [2.45, 2.75) is 18.6 Å². The number of carboxylic acid groups (broad SMARTS) is 2. The zero-order valence-electron chi connectivity index (χ0n) is 11.6. The van der Waals surface area contributed by atoms with E-state index in [0.717, 1.165) is 16.7 Å². The van der Waals surface area contributed by atoms with Crippen LogP contribution < -0.4 is 4.90 Å². The maximum Gasteiger partial charge on any atom is 0.335 e. The number of amides is 2. The van der Waals surface area contributed by atoms with Crippen molar-refractivity contribution in [1.82, 2.24) is 0 Å². The third kappa shape index (κ3) is 3.11. The number of nitrogens with zero attached hydrogens (tertiary/aromatic N) is 1. The number of aryl methyl sites for hydroxylation is 1. The van der Waals surface area contributed by atoms with Gasteiger partial charge in [0, 0.05) is 6.42 Å². The molecular formula is C14H13NO6S. The highest BCUT2D eigenvalue weighted by molar-refractivity contribution is 8.01. The normalized spacial score (nSPS) is 17.9. The monoisotopic (exact) mass is 323 g/mol.